The molecule has 0 bridgehead atoms. The van der Waals surface area contributed by atoms with Crippen LogP contribution in [0.4, 0.5) is 0 Å². The minimum Gasteiger partial charge on any atom is -0.351 e. The molecule has 4 heteroatoms. The van der Waals surface area contributed by atoms with Crippen molar-refractivity contribution in [3.63, 3.8) is 0 Å². The van der Waals surface area contributed by atoms with Gasteiger partial charge in [-0.05, 0) is 43.4 Å². The summed E-state index contributed by atoms with van der Waals surface area (Å²) >= 11 is 0. The summed E-state index contributed by atoms with van der Waals surface area (Å²) in [6.07, 6.45) is 3.67. The van der Waals surface area contributed by atoms with E-state index in [1.165, 1.54) is 5.56 Å². The molecule has 1 heterocycles. The molecule has 1 saturated carbocycles. The van der Waals surface area contributed by atoms with E-state index < -0.39 is 0 Å². The van der Waals surface area contributed by atoms with Gasteiger partial charge in [0.2, 0.25) is 5.91 Å². The number of amides is 2. The summed E-state index contributed by atoms with van der Waals surface area (Å²) in [4.78, 5) is 27.5. The summed E-state index contributed by atoms with van der Waals surface area (Å²) in [6.45, 7) is 0.651. The molecule has 0 spiro atoms. The largest absolute Gasteiger partial charge is 0.351 e. The van der Waals surface area contributed by atoms with Crippen LogP contribution < -0.4 is 5.32 Å². The molecule has 2 amide bonds. The van der Waals surface area contributed by atoms with Crippen LogP contribution in [-0.2, 0) is 4.79 Å². The Labute approximate surface area is 154 Å². The van der Waals surface area contributed by atoms with E-state index in [1.807, 2.05) is 48.5 Å². The van der Waals surface area contributed by atoms with Crippen LogP contribution in [0.3, 0.4) is 0 Å². The molecular weight excluding hydrogens is 324 g/mol. The average molecular weight is 348 g/mol. The van der Waals surface area contributed by atoms with E-state index in [1.54, 1.807) is 4.90 Å². The van der Waals surface area contributed by atoms with Gasteiger partial charge >= 0.3 is 0 Å². The van der Waals surface area contributed by atoms with Crippen LogP contribution in [0, 0.1) is 0 Å². The van der Waals surface area contributed by atoms with E-state index >= 15 is 0 Å². The molecule has 1 saturated heterocycles. The Kier molecular flexibility index (Phi) is 4.74. The maximum atomic E-state index is 12.9. The molecular formula is C22H24N2O2. The third kappa shape index (κ3) is 3.50. The third-order valence-corrected chi connectivity index (χ3v) is 5.43. The van der Waals surface area contributed by atoms with Gasteiger partial charge in [-0.3, -0.25) is 9.59 Å². The number of rotatable bonds is 4. The smallest absolute Gasteiger partial charge is 0.254 e. The molecule has 2 aromatic rings. The van der Waals surface area contributed by atoms with Crippen molar-refractivity contribution in [1.82, 2.24) is 10.2 Å². The molecule has 1 N–H and O–H groups in total. The van der Waals surface area contributed by atoms with E-state index in [0.29, 0.717) is 18.0 Å². The molecule has 4 nitrogen and oxygen atoms in total. The topological polar surface area (TPSA) is 49.4 Å². The molecule has 3 unspecified atom stereocenters. The first-order valence-corrected chi connectivity index (χ1v) is 9.45. The normalized spacial score (nSPS) is 24.8. The predicted octanol–water partition coefficient (Wildman–Crippen LogP) is 3.35. The Bertz CT molecular complexity index is 775. The number of nitrogens with zero attached hydrogens (tertiary/aromatic N) is 1. The molecule has 134 valence electrons. The SMILES string of the molecule is O=C(NC1CC1c1ccccc1)C1CCCCN1C(=O)c1ccccc1. The number of piperidine rings is 1. The fourth-order valence-electron chi connectivity index (χ4n) is 3.90. The van der Waals surface area contributed by atoms with Gasteiger partial charge in [0.05, 0.1) is 0 Å². The molecule has 3 atom stereocenters. The van der Waals surface area contributed by atoms with Crippen molar-refractivity contribution in [3.05, 3.63) is 71.8 Å². The van der Waals surface area contributed by atoms with Crippen LogP contribution in [0.25, 0.3) is 0 Å². The molecule has 2 aromatic carbocycles. The van der Waals surface area contributed by atoms with Gasteiger partial charge < -0.3 is 10.2 Å². The first kappa shape index (κ1) is 16.8. The number of carbonyl (C=O) groups is 2. The molecule has 2 aliphatic rings. The van der Waals surface area contributed by atoms with Crippen molar-refractivity contribution in [3.8, 4) is 0 Å². The zero-order valence-electron chi connectivity index (χ0n) is 14.8. The molecule has 4 rings (SSSR count). The lowest BCUT2D eigenvalue weighted by atomic mass is 10.00. The second kappa shape index (κ2) is 7.32. The van der Waals surface area contributed by atoms with E-state index in [0.717, 1.165) is 25.7 Å². The predicted molar refractivity (Wildman–Crippen MR) is 101 cm³/mol. The number of hydrogen-bond acceptors (Lipinski definition) is 2. The van der Waals surface area contributed by atoms with Crippen molar-refractivity contribution >= 4 is 11.8 Å². The van der Waals surface area contributed by atoms with Gasteiger partial charge in [0, 0.05) is 24.1 Å². The lowest BCUT2D eigenvalue weighted by Gasteiger charge is -2.35. The van der Waals surface area contributed by atoms with Gasteiger partial charge in [0.15, 0.2) is 0 Å². The Morgan fingerprint density at radius 3 is 2.35 bits per heavy atom. The van der Waals surface area contributed by atoms with Crippen molar-refractivity contribution in [1.29, 1.82) is 0 Å². The molecule has 1 aliphatic carbocycles. The Morgan fingerprint density at radius 1 is 0.923 bits per heavy atom. The van der Waals surface area contributed by atoms with Gasteiger partial charge in [-0.1, -0.05) is 48.5 Å². The number of carbonyl (C=O) groups excluding carboxylic acids is 2. The maximum Gasteiger partial charge on any atom is 0.254 e. The summed E-state index contributed by atoms with van der Waals surface area (Å²) in [7, 11) is 0. The Morgan fingerprint density at radius 2 is 1.62 bits per heavy atom. The third-order valence-electron chi connectivity index (χ3n) is 5.43. The highest BCUT2D eigenvalue weighted by Gasteiger charge is 2.42. The highest BCUT2D eigenvalue weighted by molar-refractivity contribution is 5.97. The maximum absolute atomic E-state index is 12.9. The van der Waals surface area contributed by atoms with Gasteiger partial charge in [0.1, 0.15) is 6.04 Å². The van der Waals surface area contributed by atoms with Crippen LogP contribution in [0.1, 0.15) is 47.5 Å². The fraction of sp³-hybridized carbons (Fsp3) is 0.364. The summed E-state index contributed by atoms with van der Waals surface area (Å²) in [5, 5.41) is 3.18. The minimum absolute atomic E-state index is 0.00240. The number of likely N-dealkylation sites (tertiary alicyclic amines) is 1. The Hall–Kier alpha value is -2.62. The van der Waals surface area contributed by atoms with Crippen molar-refractivity contribution in [2.45, 2.75) is 43.7 Å². The van der Waals surface area contributed by atoms with E-state index in [4.69, 9.17) is 0 Å². The molecule has 26 heavy (non-hydrogen) atoms. The van der Waals surface area contributed by atoms with Crippen molar-refractivity contribution in [2.75, 3.05) is 6.54 Å². The zero-order valence-corrected chi connectivity index (χ0v) is 14.8. The van der Waals surface area contributed by atoms with Crippen molar-refractivity contribution in [2.24, 2.45) is 0 Å². The van der Waals surface area contributed by atoms with Gasteiger partial charge in [-0.25, -0.2) is 0 Å². The van der Waals surface area contributed by atoms with Gasteiger partial charge in [-0.15, -0.1) is 0 Å². The molecule has 0 radical (unpaired) electrons. The summed E-state index contributed by atoms with van der Waals surface area (Å²) in [5.74, 6) is 0.361. The van der Waals surface area contributed by atoms with E-state index in [-0.39, 0.29) is 23.9 Å². The molecule has 2 fully saturated rings. The lowest BCUT2D eigenvalue weighted by molar-refractivity contribution is -0.126. The first-order valence-electron chi connectivity index (χ1n) is 9.45. The first-order chi connectivity index (χ1) is 12.7. The molecule has 1 aliphatic heterocycles. The van der Waals surface area contributed by atoms with Crippen LogP contribution in [0.15, 0.2) is 60.7 Å². The summed E-state index contributed by atoms with van der Waals surface area (Å²) in [6, 6.07) is 19.4. The monoisotopic (exact) mass is 348 g/mol. The average Bonchev–Trinajstić information content (AvgIpc) is 3.48. The standard InChI is InChI=1S/C22H24N2O2/c25-21(23-19-15-18(19)16-9-3-1-4-10-16)20-13-7-8-14-24(20)22(26)17-11-5-2-6-12-17/h1-6,9-12,18-20H,7-8,13-15H2,(H,23,25). The van der Waals surface area contributed by atoms with E-state index in [9.17, 15) is 9.59 Å². The quantitative estimate of drug-likeness (QED) is 0.921. The van der Waals surface area contributed by atoms with Crippen LogP contribution >= 0.6 is 0 Å². The highest BCUT2D eigenvalue weighted by atomic mass is 16.2. The fourth-order valence-corrected chi connectivity index (χ4v) is 3.90. The van der Waals surface area contributed by atoms with E-state index in [2.05, 4.69) is 17.4 Å². The highest BCUT2D eigenvalue weighted by Crippen LogP contribution is 2.40. The second-order valence-corrected chi connectivity index (χ2v) is 7.24. The van der Waals surface area contributed by atoms with Crippen LogP contribution in [-0.4, -0.2) is 35.3 Å². The van der Waals surface area contributed by atoms with Crippen molar-refractivity contribution < 1.29 is 9.59 Å². The van der Waals surface area contributed by atoms with Crippen LogP contribution in [0.2, 0.25) is 0 Å². The van der Waals surface area contributed by atoms with Crippen LogP contribution in [0.5, 0.6) is 0 Å². The van der Waals surface area contributed by atoms with Gasteiger partial charge in [-0.2, -0.15) is 0 Å². The lowest BCUT2D eigenvalue weighted by Crippen LogP contribution is -2.52. The number of benzene rings is 2. The summed E-state index contributed by atoms with van der Waals surface area (Å²) in [5.41, 5.74) is 1.93. The number of hydrogen-bond donors (Lipinski definition) is 1. The Balaban J connectivity index is 1.42. The number of nitrogens with one attached hydrogen (secondary N) is 1. The van der Waals surface area contributed by atoms with Gasteiger partial charge in [0.25, 0.3) is 5.91 Å². The summed E-state index contributed by atoms with van der Waals surface area (Å²) < 4.78 is 0. The minimum atomic E-state index is -0.353. The zero-order chi connectivity index (χ0) is 17.9. The second-order valence-electron chi connectivity index (χ2n) is 7.24. The molecule has 0 aromatic heterocycles.